The number of unbranched alkanes of at least 4 members (excludes halogenated alkanes) is 2. The lowest BCUT2D eigenvalue weighted by molar-refractivity contribution is -0.660. The Hall–Kier alpha value is -1.84. The highest BCUT2D eigenvalue weighted by atomic mass is 127. The summed E-state index contributed by atoms with van der Waals surface area (Å²) in [6.07, 6.45) is 11.7. The van der Waals surface area contributed by atoms with Crippen molar-refractivity contribution in [1.82, 2.24) is 0 Å². The number of alkyl halides is 2. The van der Waals surface area contributed by atoms with Crippen molar-refractivity contribution in [2.24, 2.45) is 0 Å². The zero-order valence-corrected chi connectivity index (χ0v) is 26.7. The van der Waals surface area contributed by atoms with Crippen molar-refractivity contribution in [3.63, 3.8) is 0 Å². The normalized spacial score (nSPS) is 14.2. The summed E-state index contributed by atoms with van der Waals surface area (Å²) in [5, 5.41) is 2.62. The van der Waals surface area contributed by atoms with Crippen LogP contribution in [0.4, 0.5) is 5.69 Å². The summed E-state index contributed by atoms with van der Waals surface area (Å²) in [4.78, 5) is 3.85. The Labute approximate surface area is 258 Å². The topological polar surface area (TPSA) is 7.12 Å². The average Bonchev–Trinajstić information content (AvgIpc) is 3.31. The Morgan fingerprint density at radius 2 is 1.53 bits per heavy atom. The summed E-state index contributed by atoms with van der Waals surface area (Å²) in [6.45, 7) is 2.10. The molecule has 0 saturated heterocycles. The molecule has 0 radical (unpaired) electrons. The number of para-hydroxylation sites is 2. The van der Waals surface area contributed by atoms with Crippen molar-refractivity contribution in [3.8, 4) is 11.3 Å². The monoisotopic (exact) mass is 743 g/mol. The van der Waals surface area contributed by atoms with Gasteiger partial charge in [-0.05, 0) is 70.1 Å². The number of rotatable bonds is 11. The molecule has 0 spiro atoms. The fourth-order valence-electron chi connectivity index (χ4n) is 4.98. The molecule has 1 aliphatic rings. The van der Waals surface area contributed by atoms with E-state index in [2.05, 4.69) is 158 Å². The first-order valence-corrected chi connectivity index (χ1v) is 17.2. The van der Waals surface area contributed by atoms with Gasteiger partial charge in [0.05, 0.1) is 16.1 Å². The van der Waals surface area contributed by atoms with E-state index in [0.717, 1.165) is 13.1 Å². The van der Waals surface area contributed by atoms with Crippen LogP contribution in [-0.4, -0.2) is 15.4 Å². The summed E-state index contributed by atoms with van der Waals surface area (Å²) >= 11 is 6.85. The van der Waals surface area contributed by atoms with E-state index in [0.29, 0.717) is 0 Å². The zero-order valence-electron chi connectivity index (χ0n) is 21.5. The molecule has 0 fully saturated rings. The largest absolute Gasteiger partial charge is 0.335 e. The molecule has 38 heavy (non-hydrogen) atoms. The number of benzene rings is 3. The minimum atomic E-state index is 1.03. The second-order valence-corrected chi connectivity index (χ2v) is 12.6. The van der Waals surface area contributed by atoms with E-state index in [9.17, 15) is 0 Å². The molecule has 194 valence electrons. The summed E-state index contributed by atoms with van der Waals surface area (Å²) in [7, 11) is 0. The van der Waals surface area contributed by atoms with Crippen LogP contribution in [0.2, 0.25) is 0 Å². The molecular formula is C33H33I2N2S+. The quantitative estimate of drug-likeness (QED) is 0.0654. The lowest BCUT2D eigenvalue weighted by atomic mass is 10.0. The molecule has 0 amide bonds. The smallest absolute Gasteiger partial charge is 0.213 e. The first kappa shape index (κ1) is 27.7. The van der Waals surface area contributed by atoms with Gasteiger partial charge in [-0.25, -0.2) is 0 Å². The van der Waals surface area contributed by atoms with Gasteiger partial charge in [0.1, 0.15) is 6.54 Å². The summed E-state index contributed by atoms with van der Waals surface area (Å²) in [6, 6.07) is 30.9. The Bertz CT molecular complexity index is 1430. The maximum absolute atomic E-state index is 2.52. The molecule has 5 rings (SSSR count). The molecule has 2 heterocycles. The molecule has 5 heteroatoms. The molecule has 0 N–H and O–H groups in total. The van der Waals surface area contributed by atoms with E-state index in [1.807, 2.05) is 11.8 Å². The average molecular weight is 744 g/mol. The van der Waals surface area contributed by atoms with Gasteiger partial charge in [0.15, 0.2) is 0 Å². The number of fused-ring (bicyclic) bond motifs is 2. The van der Waals surface area contributed by atoms with Crippen LogP contribution in [0.5, 0.6) is 0 Å². The zero-order chi connectivity index (χ0) is 26.2. The number of halogens is 2. The molecule has 0 bridgehead atoms. The summed E-state index contributed by atoms with van der Waals surface area (Å²) in [5.74, 6) is 0. The number of nitrogens with zero attached hydrogens (tertiary/aromatic N) is 2. The maximum Gasteiger partial charge on any atom is 0.213 e. The van der Waals surface area contributed by atoms with Crippen LogP contribution in [0, 0.1) is 0 Å². The Balaban J connectivity index is 1.52. The van der Waals surface area contributed by atoms with E-state index >= 15 is 0 Å². The number of thioether (sulfide) groups is 1. The molecule has 2 nitrogen and oxygen atoms in total. The standard InChI is InChI=1S/C33H33I2N2S/c34-21-8-10-23-36-29-17-5-4-16-28(29)27(25-31(36)26-13-2-1-3-14-26)15-12-20-33-37(24-11-9-22-35)30-18-6-7-19-32(30)38-33/h1-7,12-20,25H,8-11,21-24H2/q+1. The first-order valence-electron chi connectivity index (χ1n) is 13.4. The minimum Gasteiger partial charge on any atom is -0.335 e. The van der Waals surface area contributed by atoms with Gasteiger partial charge < -0.3 is 4.90 Å². The molecule has 0 unspecified atom stereocenters. The van der Waals surface area contributed by atoms with Crippen LogP contribution in [0.15, 0.2) is 107 Å². The third-order valence-corrected chi connectivity index (χ3v) is 9.50. The lowest BCUT2D eigenvalue weighted by Crippen LogP contribution is -2.37. The number of pyridine rings is 1. The van der Waals surface area contributed by atoms with E-state index in [-0.39, 0.29) is 0 Å². The fraction of sp³-hybridized carbons (Fsp3) is 0.242. The van der Waals surface area contributed by atoms with Gasteiger partial charge in [0.2, 0.25) is 11.2 Å². The number of hydrogen-bond donors (Lipinski definition) is 0. The van der Waals surface area contributed by atoms with E-state index in [4.69, 9.17) is 0 Å². The molecule has 4 aromatic rings. The van der Waals surface area contributed by atoms with Crippen molar-refractivity contribution in [2.45, 2.75) is 37.1 Å². The molecule has 0 atom stereocenters. The van der Waals surface area contributed by atoms with Crippen molar-refractivity contribution in [1.29, 1.82) is 0 Å². The van der Waals surface area contributed by atoms with Crippen molar-refractivity contribution in [3.05, 3.63) is 108 Å². The second-order valence-electron chi connectivity index (χ2n) is 9.40. The van der Waals surface area contributed by atoms with E-state index in [1.165, 1.54) is 77.9 Å². The highest BCUT2D eigenvalue weighted by molar-refractivity contribution is 14.1. The van der Waals surface area contributed by atoms with Crippen LogP contribution in [0.3, 0.4) is 0 Å². The predicted molar refractivity (Wildman–Crippen MR) is 183 cm³/mol. The van der Waals surface area contributed by atoms with Gasteiger partial charge in [0, 0.05) is 35.6 Å². The van der Waals surface area contributed by atoms with E-state index in [1.54, 1.807) is 0 Å². The number of hydrogen-bond acceptors (Lipinski definition) is 2. The molecule has 0 aliphatic carbocycles. The van der Waals surface area contributed by atoms with Crippen molar-refractivity contribution >= 4 is 79.6 Å². The van der Waals surface area contributed by atoms with Gasteiger partial charge >= 0.3 is 0 Å². The van der Waals surface area contributed by atoms with Crippen LogP contribution in [-0.2, 0) is 6.54 Å². The van der Waals surface area contributed by atoms with Crippen LogP contribution >= 0.6 is 56.9 Å². The first-order chi connectivity index (χ1) is 18.8. The molecular weight excluding hydrogens is 710 g/mol. The van der Waals surface area contributed by atoms with E-state index < -0.39 is 0 Å². The third-order valence-electron chi connectivity index (χ3n) is 6.84. The van der Waals surface area contributed by atoms with Crippen molar-refractivity contribution in [2.75, 3.05) is 20.3 Å². The highest BCUT2D eigenvalue weighted by Gasteiger charge is 2.24. The van der Waals surface area contributed by atoms with Gasteiger partial charge in [-0.1, -0.05) is 112 Å². The second kappa shape index (κ2) is 14.0. The Morgan fingerprint density at radius 3 is 2.37 bits per heavy atom. The summed E-state index contributed by atoms with van der Waals surface area (Å²) in [5.41, 5.74) is 6.46. The van der Waals surface area contributed by atoms with Gasteiger partial charge in [-0.3, -0.25) is 0 Å². The summed E-state index contributed by atoms with van der Waals surface area (Å²) < 4.78 is 4.93. The van der Waals surface area contributed by atoms with Crippen LogP contribution < -0.4 is 9.47 Å². The van der Waals surface area contributed by atoms with Gasteiger partial charge in [-0.15, -0.1) is 0 Å². The van der Waals surface area contributed by atoms with Gasteiger partial charge in [-0.2, -0.15) is 4.57 Å². The molecule has 0 saturated carbocycles. The lowest BCUT2D eigenvalue weighted by Gasteiger charge is -2.20. The molecule has 1 aromatic heterocycles. The van der Waals surface area contributed by atoms with Crippen molar-refractivity contribution < 1.29 is 4.57 Å². The number of anilines is 1. The fourth-order valence-corrected chi connectivity index (χ4v) is 7.16. The van der Waals surface area contributed by atoms with Crippen LogP contribution in [0.25, 0.3) is 28.2 Å². The Morgan fingerprint density at radius 1 is 0.789 bits per heavy atom. The third kappa shape index (κ3) is 6.48. The minimum absolute atomic E-state index is 1.03. The predicted octanol–water partition coefficient (Wildman–Crippen LogP) is 9.69. The maximum atomic E-state index is 2.52. The highest BCUT2D eigenvalue weighted by Crippen LogP contribution is 2.45. The molecule has 1 aliphatic heterocycles. The number of aromatic nitrogens is 1. The number of allylic oxidation sites excluding steroid dienone is 2. The SMILES string of the molecule is ICCCCN1C(=CC=Cc2cc(-c3ccccc3)[n+](CCCCI)c3ccccc23)Sc2ccccc21. The van der Waals surface area contributed by atoms with Crippen LogP contribution in [0.1, 0.15) is 31.2 Å². The van der Waals surface area contributed by atoms with Gasteiger partial charge in [0.25, 0.3) is 0 Å². The molecule has 3 aromatic carbocycles. The Kier molecular flexibility index (Phi) is 10.2. The number of aryl methyl sites for hydroxylation is 1.